The maximum absolute atomic E-state index is 12.7. The van der Waals surface area contributed by atoms with Crippen LogP contribution in [0.5, 0.6) is 0 Å². The van der Waals surface area contributed by atoms with Crippen LogP contribution in [0.25, 0.3) is 20.8 Å². The van der Waals surface area contributed by atoms with Crippen molar-refractivity contribution in [2.45, 2.75) is 0 Å². The lowest BCUT2D eigenvalue weighted by atomic mass is 10.1. The molecule has 0 unspecified atom stereocenters. The van der Waals surface area contributed by atoms with Gasteiger partial charge in [0.2, 0.25) is 0 Å². The highest BCUT2D eigenvalue weighted by molar-refractivity contribution is 7.21. The average Bonchev–Trinajstić information content (AvgIpc) is 3.13. The first-order valence-corrected chi connectivity index (χ1v) is 9.90. The first-order valence-electron chi connectivity index (χ1n) is 8.33. The zero-order valence-corrected chi connectivity index (χ0v) is 16.9. The van der Waals surface area contributed by atoms with Crippen molar-refractivity contribution < 1.29 is 9.72 Å². The molecule has 0 saturated carbocycles. The van der Waals surface area contributed by atoms with Crippen molar-refractivity contribution in [1.82, 2.24) is 4.98 Å². The normalized spacial score (nSPS) is 10.8. The number of non-ortho nitro benzene ring substituents is 1. The van der Waals surface area contributed by atoms with Crippen LogP contribution in [0, 0.1) is 10.1 Å². The number of benzene rings is 3. The number of para-hydroxylation sites is 1. The third kappa shape index (κ3) is 3.93. The molecule has 6 nitrogen and oxygen atoms in total. The SMILES string of the molecule is O=C(Nc1ccc(Cl)cc1-c1nc2ccccc2s1)c1ccc([N+](=O)[O-])cc1Cl. The molecule has 0 fully saturated rings. The third-order valence-electron chi connectivity index (χ3n) is 4.16. The van der Waals surface area contributed by atoms with E-state index in [1.54, 1.807) is 18.2 Å². The fourth-order valence-electron chi connectivity index (χ4n) is 2.78. The Balaban J connectivity index is 1.71. The fraction of sp³-hybridized carbons (Fsp3) is 0. The van der Waals surface area contributed by atoms with E-state index in [1.165, 1.54) is 23.5 Å². The van der Waals surface area contributed by atoms with E-state index < -0.39 is 10.8 Å². The zero-order valence-electron chi connectivity index (χ0n) is 14.6. The van der Waals surface area contributed by atoms with Crippen molar-refractivity contribution in [2.24, 2.45) is 0 Å². The monoisotopic (exact) mass is 443 g/mol. The molecular weight excluding hydrogens is 433 g/mol. The van der Waals surface area contributed by atoms with Gasteiger partial charge >= 0.3 is 0 Å². The van der Waals surface area contributed by atoms with Gasteiger partial charge < -0.3 is 5.32 Å². The van der Waals surface area contributed by atoms with Crippen LogP contribution in [0.2, 0.25) is 10.0 Å². The molecule has 3 aromatic carbocycles. The Morgan fingerprint density at radius 3 is 2.59 bits per heavy atom. The van der Waals surface area contributed by atoms with E-state index in [2.05, 4.69) is 10.3 Å². The number of nitrogens with zero attached hydrogens (tertiary/aromatic N) is 2. The molecule has 29 heavy (non-hydrogen) atoms. The Morgan fingerprint density at radius 1 is 1.07 bits per heavy atom. The number of amides is 1. The molecule has 1 N–H and O–H groups in total. The quantitative estimate of drug-likeness (QED) is 0.290. The predicted molar refractivity (Wildman–Crippen MR) is 116 cm³/mol. The summed E-state index contributed by atoms with van der Waals surface area (Å²) < 4.78 is 1.01. The van der Waals surface area contributed by atoms with E-state index in [-0.39, 0.29) is 16.3 Å². The number of anilines is 1. The van der Waals surface area contributed by atoms with Crippen molar-refractivity contribution in [3.05, 3.63) is 86.4 Å². The molecular formula is C20H11Cl2N3O3S. The number of aromatic nitrogens is 1. The molecule has 144 valence electrons. The second-order valence-electron chi connectivity index (χ2n) is 6.05. The van der Waals surface area contributed by atoms with E-state index in [9.17, 15) is 14.9 Å². The summed E-state index contributed by atoms with van der Waals surface area (Å²) in [7, 11) is 0. The molecule has 1 heterocycles. The topological polar surface area (TPSA) is 85.1 Å². The lowest BCUT2D eigenvalue weighted by molar-refractivity contribution is -0.384. The molecule has 0 bridgehead atoms. The number of nitro groups is 1. The Kier molecular flexibility index (Phi) is 5.19. The van der Waals surface area contributed by atoms with Crippen LogP contribution in [0.15, 0.2) is 60.7 Å². The Hall–Kier alpha value is -3.00. The van der Waals surface area contributed by atoms with Gasteiger partial charge in [0.1, 0.15) is 5.01 Å². The summed E-state index contributed by atoms with van der Waals surface area (Å²) in [6.45, 7) is 0. The third-order valence-corrected chi connectivity index (χ3v) is 5.78. The summed E-state index contributed by atoms with van der Waals surface area (Å²) in [6.07, 6.45) is 0. The maximum Gasteiger partial charge on any atom is 0.270 e. The number of hydrogen-bond acceptors (Lipinski definition) is 5. The predicted octanol–water partition coefficient (Wildman–Crippen LogP) is 6.43. The Morgan fingerprint density at radius 2 is 1.86 bits per heavy atom. The highest BCUT2D eigenvalue weighted by Crippen LogP contribution is 2.36. The lowest BCUT2D eigenvalue weighted by Gasteiger charge is -2.11. The molecule has 4 rings (SSSR count). The summed E-state index contributed by atoms with van der Waals surface area (Å²) in [5.41, 5.74) is 1.97. The molecule has 1 amide bonds. The average molecular weight is 444 g/mol. The van der Waals surface area contributed by atoms with Gasteiger partial charge in [0.05, 0.1) is 31.4 Å². The van der Waals surface area contributed by atoms with Gasteiger partial charge in [-0.25, -0.2) is 4.98 Å². The second kappa shape index (κ2) is 7.79. The minimum Gasteiger partial charge on any atom is -0.321 e. The van der Waals surface area contributed by atoms with Crippen molar-refractivity contribution in [3.8, 4) is 10.6 Å². The van der Waals surface area contributed by atoms with E-state index in [4.69, 9.17) is 23.2 Å². The molecule has 0 saturated heterocycles. The van der Waals surface area contributed by atoms with E-state index in [1.807, 2.05) is 24.3 Å². The molecule has 0 aliphatic heterocycles. The standard InChI is InChI=1S/C20H11Cl2N3O3S/c21-11-5-8-16(14(9-11)20-24-17-3-1-2-4-18(17)29-20)23-19(26)13-7-6-12(25(27)28)10-15(13)22/h1-10H,(H,23,26). The summed E-state index contributed by atoms with van der Waals surface area (Å²) in [6, 6.07) is 16.5. The number of carbonyl (C=O) groups excluding carboxylic acids is 1. The van der Waals surface area contributed by atoms with Crippen LogP contribution in [0.3, 0.4) is 0 Å². The molecule has 0 atom stereocenters. The fourth-order valence-corrected chi connectivity index (χ4v) is 4.21. The number of nitro benzene ring substituents is 1. The Labute approximate surface area is 178 Å². The molecule has 9 heteroatoms. The van der Waals surface area contributed by atoms with Crippen LogP contribution in [-0.4, -0.2) is 15.8 Å². The number of thiazole rings is 1. The van der Waals surface area contributed by atoms with Crippen molar-refractivity contribution >= 4 is 62.0 Å². The van der Waals surface area contributed by atoms with Gasteiger partial charge in [-0.15, -0.1) is 11.3 Å². The molecule has 0 spiro atoms. The number of rotatable bonds is 4. The van der Waals surface area contributed by atoms with Gasteiger partial charge in [0, 0.05) is 22.7 Å². The number of nitrogens with one attached hydrogen (secondary N) is 1. The van der Waals surface area contributed by atoms with E-state index in [0.29, 0.717) is 21.3 Å². The second-order valence-corrected chi connectivity index (χ2v) is 7.93. The van der Waals surface area contributed by atoms with Crippen molar-refractivity contribution in [2.75, 3.05) is 5.32 Å². The minimum absolute atomic E-state index is 0.00722. The van der Waals surface area contributed by atoms with Crippen LogP contribution in [-0.2, 0) is 0 Å². The van der Waals surface area contributed by atoms with Gasteiger partial charge in [0.15, 0.2) is 0 Å². The van der Waals surface area contributed by atoms with E-state index >= 15 is 0 Å². The first kappa shape index (κ1) is 19.3. The Bertz CT molecular complexity index is 1240. The van der Waals surface area contributed by atoms with Gasteiger partial charge in [-0.1, -0.05) is 35.3 Å². The molecule has 0 aliphatic rings. The van der Waals surface area contributed by atoms with Crippen LogP contribution < -0.4 is 5.32 Å². The minimum atomic E-state index is -0.571. The number of halogens is 2. The van der Waals surface area contributed by atoms with Gasteiger partial charge in [-0.3, -0.25) is 14.9 Å². The van der Waals surface area contributed by atoms with Gasteiger partial charge in [0.25, 0.3) is 11.6 Å². The summed E-state index contributed by atoms with van der Waals surface area (Å²) in [5, 5.41) is 14.9. The van der Waals surface area contributed by atoms with Crippen LogP contribution in [0.1, 0.15) is 10.4 Å². The first-order chi connectivity index (χ1) is 13.9. The maximum atomic E-state index is 12.7. The number of hydrogen-bond donors (Lipinski definition) is 1. The van der Waals surface area contributed by atoms with Crippen molar-refractivity contribution in [3.63, 3.8) is 0 Å². The summed E-state index contributed by atoms with van der Waals surface area (Å²) in [5.74, 6) is -0.491. The number of fused-ring (bicyclic) bond motifs is 1. The van der Waals surface area contributed by atoms with Gasteiger partial charge in [-0.05, 0) is 36.4 Å². The summed E-state index contributed by atoms with van der Waals surface area (Å²) in [4.78, 5) is 27.7. The molecule has 1 aromatic heterocycles. The van der Waals surface area contributed by atoms with Gasteiger partial charge in [-0.2, -0.15) is 0 Å². The highest BCUT2D eigenvalue weighted by atomic mass is 35.5. The lowest BCUT2D eigenvalue weighted by Crippen LogP contribution is -2.13. The zero-order chi connectivity index (χ0) is 20.5. The molecule has 0 aliphatic carbocycles. The highest BCUT2D eigenvalue weighted by Gasteiger charge is 2.18. The molecule has 4 aromatic rings. The molecule has 0 radical (unpaired) electrons. The number of carbonyl (C=O) groups is 1. The summed E-state index contributed by atoms with van der Waals surface area (Å²) >= 11 is 13.7. The van der Waals surface area contributed by atoms with Crippen molar-refractivity contribution in [1.29, 1.82) is 0 Å². The largest absolute Gasteiger partial charge is 0.321 e. The van der Waals surface area contributed by atoms with Crippen LogP contribution in [0.4, 0.5) is 11.4 Å². The van der Waals surface area contributed by atoms with Crippen LogP contribution >= 0.6 is 34.5 Å². The van der Waals surface area contributed by atoms with E-state index in [0.717, 1.165) is 16.3 Å². The smallest absolute Gasteiger partial charge is 0.270 e.